The van der Waals surface area contributed by atoms with Crippen LogP contribution in [0.5, 0.6) is 11.5 Å². The maximum Gasteiger partial charge on any atom is 0.251 e. The normalized spacial score (nSPS) is 14.9. The maximum absolute atomic E-state index is 12.1. The number of nitrogens with zero attached hydrogens (tertiary/aromatic N) is 1. The number of benzene rings is 1. The van der Waals surface area contributed by atoms with Gasteiger partial charge in [-0.3, -0.25) is 4.79 Å². The second kappa shape index (κ2) is 7.14. The maximum atomic E-state index is 12.1. The lowest BCUT2D eigenvalue weighted by Gasteiger charge is -2.24. The molecular formula is C16H23ClNO3-. The Morgan fingerprint density at radius 2 is 1.76 bits per heavy atom. The average Bonchev–Trinajstić information content (AvgIpc) is 2.83. The second-order valence-corrected chi connectivity index (χ2v) is 5.46. The Hall–Kier alpha value is -1.26. The molecule has 0 radical (unpaired) electrons. The minimum absolute atomic E-state index is 0. The van der Waals surface area contributed by atoms with Gasteiger partial charge in [-0.25, -0.2) is 0 Å². The molecule has 0 atom stereocenters. The molecule has 0 amide bonds. The van der Waals surface area contributed by atoms with Gasteiger partial charge in [-0.05, 0) is 32.3 Å². The largest absolute Gasteiger partial charge is 1.00 e. The molecule has 0 spiro atoms. The van der Waals surface area contributed by atoms with E-state index >= 15 is 0 Å². The molecule has 1 aliphatic rings. The summed E-state index contributed by atoms with van der Waals surface area (Å²) in [4.78, 5) is 14.1. The van der Waals surface area contributed by atoms with Gasteiger partial charge in [0.2, 0.25) is 0 Å². The van der Waals surface area contributed by atoms with E-state index in [4.69, 9.17) is 9.47 Å². The lowest BCUT2D eigenvalue weighted by molar-refractivity contribution is -0.0843. The Labute approximate surface area is 132 Å². The molecule has 5 heteroatoms. The van der Waals surface area contributed by atoms with Gasteiger partial charge in [-0.1, -0.05) is 13.8 Å². The highest BCUT2D eigenvalue weighted by atomic mass is 35.5. The van der Waals surface area contributed by atoms with Gasteiger partial charge < -0.3 is 26.8 Å². The summed E-state index contributed by atoms with van der Waals surface area (Å²) < 4.78 is 11.8. The number of fused-ring (bicyclic) bond motifs is 1. The van der Waals surface area contributed by atoms with Gasteiger partial charge in [0, 0.05) is 31.4 Å². The SMILES string of the molecule is CCC1(CC)Oc2ccc(C(=O)CCN(C)C)cc2O1.[Cl-]. The molecule has 0 unspecified atom stereocenters. The molecule has 1 aromatic rings. The standard InChI is InChI=1S/C16H23NO3.ClH/c1-5-16(6-2)19-14-8-7-12(11-15(14)20-16)13(18)9-10-17(3)4;/h7-8,11H,5-6,9-10H2,1-4H3;1H/p-1. The third-order valence-corrected chi connectivity index (χ3v) is 3.72. The van der Waals surface area contributed by atoms with Crippen molar-refractivity contribution < 1.29 is 26.7 Å². The quantitative estimate of drug-likeness (QED) is 0.699. The second-order valence-electron chi connectivity index (χ2n) is 5.46. The molecule has 1 heterocycles. The fourth-order valence-corrected chi connectivity index (χ4v) is 2.28. The van der Waals surface area contributed by atoms with Crippen LogP contribution in [0, 0.1) is 0 Å². The van der Waals surface area contributed by atoms with E-state index in [0.29, 0.717) is 17.7 Å². The predicted octanol–water partition coefficient (Wildman–Crippen LogP) is 0.113. The van der Waals surface area contributed by atoms with E-state index in [1.54, 1.807) is 6.07 Å². The Morgan fingerprint density at radius 1 is 1.14 bits per heavy atom. The van der Waals surface area contributed by atoms with Crippen LogP contribution in [0.2, 0.25) is 0 Å². The van der Waals surface area contributed by atoms with Crippen LogP contribution in [0.4, 0.5) is 0 Å². The van der Waals surface area contributed by atoms with Crippen molar-refractivity contribution >= 4 is 5.78 Å². The van der Waals surface area contributed by atoms with Crippen molar-refractivity contribution in [1.82, 2.24) is 4.90 Å². The van der Waals surface area contributed by atoms with Crippen molar-refractivity contribution in [3.63, 3.8) is 0 Å². The molecule has 0 aliphatic carbocycles. The highest BCUT2D eigenvalue weighted by molar-refractivity contribution is 5.96. The third-order valence-electron chi connectivity index (χ3n) is 3.72. The Kier molecular flexibility index (Phi) is 6.05. The van der Waals surface area contributed by atoms with Crippen molar-refractivity contribution in [3.05, 3.63) is 23.8 Å². The summed E-state index contributed by atoms with van der Waals surface area (Å²) >= 11 is 0. The van der Waals surface area contributed by atoms with Crippen LogP contribution in [-0.4, -0.2) is 37.1 Å². The summed E-state index contributed by atoms with van der Waals surface area (Å²) in [6.45, 7) is 4.83. The van der Waals surface area contributed by atoms with Gasteiger partial charge in [0.1, 0.15) is 0 Å². The van der Waals surface area contributed by atoms with Crippen molar-refractivity contribution in [1.29, 1.82) is 0 Å². The number of halogens is 1. The summed E-state index contributed by atoms with van der Waals surface area (Å²) in [5.74, 6) is 0.992. The first kappa shape index (κ1) is 17.8. The lowest BCUT2D eigenvalue weighted by atomic mass is 10.1. The van der Waals surface area contributed by atoms with Gasteiger partial charge in [-0.15, -0.1) is 0 Å². The molecule has 1 aromatic carbocycles. The van der Waals surface area contributed by atoms with Crippen molar-refractivity contribution in [2.24, 2.45) is 0 Å². The number of hydrogen-bond acceptors (Lipinski definition) is 4. The monoisotopic (exact) mass is 312 g/mol. The van der Waals surface area contributed by atoms with E-state index < -0.39 is 5.79 Å². The van der Waals surface area contributed by atoms with Crippen molar-refractivity contribution in [3.8, 4) is 11.5 Å². The summed E-state index contributed by atoms with van der Waals surface area (Å²) in [6, 6.07) is 5.47. The van der Waals surface area contributed by atoms with Crippen molar-refractivity contribution in [2.75, 3.05) is 20.6 Å². The van der Waals surface area contributed by atoms with E-state index in [-0.39, 0.29) is 18.2 Å². The van der Waals surface area contributed by atoms with Gasteiger partial charge in [0.05, 0.1) is 0 Å². The molecule has 1 aliphatic heterocycles. The summed E-state index contributed by atoms with van der Waals surface area (Å²) in [5, 5.41) is 0. The minimum atomic E-state index is -0.562. The Balaban J connectivity index is 0.00000220. The fourth-order valence-electron chi connectivity index (χ4n) is 2.28. The van der Waals surface area contributed by atoms with Crippen LogP contribution in [0.25, 0.3) is 0 Å². The number of carbonyl (C=O) groups is 1. The van der Waals surface area contributed by atoms with Crippen LogP contribution < -0.4 is 21.9 Å². The molecule has 2 rings (SSSR count). The lowest BCUT2D eigenvalue weighted by Crippen LogP contribution is -3.00. The first-order valence-electron chi connectivity index (χ1n) is 7.19. The highest BCUT2D eigenvalue weighted by Crippen LogP contribution is 2.42. The first-order valence-corrected chi connectivity index (χ1v) is 7.19. The van der Waals surface area contributed by atoms with E-state index in [9.17, 15) is 4.79 Å². The number of hydrogen-bond donors (Lipinski definition) is 0. The van der Waals surface area contributed by atoms with E-state index in [1.807, 2.05) is 45.0 Å². The van der Waals surface area contributed by atoms with Crippen LogP contribution >= 0.6 is 0 Å². The first-order chi connectivity index (χ1) is 9.49. The molecule has 0 N–H and O–H groups in total. The Bertz CT molecular complexity index is 498. The van der Waals surface area contributed by atoms with Crippen LogP contribution in [0.3, 0.4) is 0 Å². The molecule has 0 aromatic heterocycles. The average molecular weight is 313 g/mol. The molecule has 21 heavy (non-hydrogen) atoms. The van der Waals surface area contributed by atoms with Crippen molar-refractivity contribution in [2.45, 2.75) is 38.9 Å². The van der Waals surface area contributed by atoms with E-state index in [0.717, 1.165) is 25.1 Å². The van der Waals surface area contributed by atoms with Gasteiger partial charge in [0.15, 0.2) is 17.3 Å². The van der Waals surface area contributed by atoms with E-state index in [2.05, 4.69) is 0 Å². The molecule has 0 bridgehead atoms. The zero-order valence-electron chi connectivity index (χ0n) is 13.1. The van der Waals surface area contributed by atoms with Gasteiger partial charge in [0.25, 0.3) is 5.79 Å². The molecule has 118 valence electrons. The molecule has 0 fully saturated rings. The number of ether oxygens (including phenoxy) is 2. The molecule has 0 saturated heterocycles. The molecule has 4 nitrogen and oxygen atoms in total. The summed E-state index contributed by atoms with van der Waals surface area (Å²) in [7, 11) is 3.92. The van der Waals surface area contributed by atoms with Crippen LogP contribution in [-0.2, 0) is 0 Å². The van der Waals surface area contributed by atoms with Gasteiger partial charge in [-0.2, -0.15) is 0 Å². The van der Waals surface area contributed by atoms with E-state index in [1.165, 1.54) is 0 Å². The van der Waals surface area contributed by atoms with Crippen LogP contribution in [0.15, 0.2) is 18.2 Å². The van der Waals surface area contributed by atoms with Gasteiger partial charge >= 0.3 is 0 Å². The fraction of sp³-hybridized carbons (Fsp3) is 0.562. The zero-order chi connectivity index (χ0) is 14.8. The Morgan fingerprint density at radius 3 is 2.33 bits per heavy atom. The topological polar surface area (TPSA) is 38.8 Å². The van der Waals surface area contributed by atoms with Crippen LogP contribution in [0.1, 0.15) is 43.5 Å². The number of ketones is 1. The number of Topliss-reactive ketones (excluding diaryl/α,β-unsaturated/α-hetero) is 1. The predicted molar refractivity (Wildman–Crippen MR) is 78.5 cm³/mol. The minimum Gasteiger partial charge on any atom is -1.00 e. The zero-order valence-corrected chi connectivity index (χ0v) is 13.9. The molecule has 0 saturated carbocycles. The summed E-state index contributed by atoms with van der Waals surface area (Å²) in [5.41, 5.74) is 0.692. The highest BCUT2D eigenvalue weighted by Gasteiger charge is 2.38. The third kappa shape index (κ3) is 3.89. The summed E-state index contributed by atoms with van der Waals surface area (Å²) in [6.07, 6.45) is 2.07. The number of rotatable bonds is 6. The number of carbonyl (C=O) groups excluding carboxylic acids is 1. The smallest absolute Gasteiger partial charge is 0.251 e. The molecular weight excluding hydrogens is 290 g/mol.